The van der Waals surface area contributed by atoms with Crippen LogP contribution < -0.4 is 20.6 Å². The van der Waals surface area contributed by atoms with Gasteiger partial charge in [-0.1, -0.05) is 89.7 Å². The second kappa shape index (κ2) is 8.11. The largest absolute Gasteiger partial charge is 0.303 e. The summed E-state index contributed by atoms with van der Waals surface area (Å²) in [4.78, 5) is 45.7. The summed E-state index contributed by atoms with van der Waals surface area (Å²) in [6.07, 6.45) is 0. The molecular formula is C27H18N4O3S. The maximum absolute atomic E-state index is 13.7. The lowest BCUT2D eigenvalue weighted by atomic mass is 10.1. The van der Waals surface area contributed by atoms with E-state index in [2.05, 4.69) is 10.1 Å². The van der Waals surface area contributed by atoms with Crippen molar-refractivity contribution in [2.75, 3.05) is 4.90 Å². The molecule has 0 unspecified atom stereocenters. The first-order chi connectivity index (χ1) is 17.0. The molecule has 0 radical (unpaired) electrons. The van der Waals surface area contributed by atoms with Crippen molar-refractivity contribution in [1.82, 2.24) is 14.6 Å². The number of aryl methyl sites for hydroxylation is 1. The Balaban J connectivity index is 1.55. The highest BCUT2D eigenvalue weighted by Crippen LogP contribution is 2.36. The molecule has 0 N–H and O–H groups in total. The Morgan fingerprint density at radius 3 is 2.34 bits per heavy atom. The molecule has 0 aliphatic carbocycles. The highest BCUT2D eigenvalue weighted by atomic mass is 32.1. The smallest absolute Gasteiger partial charge is 0.300 e. The molecule has 2 aromatic heterocycles. The zero-order chi connectivity index (χ0) is 24.1. The van der Waals surface area contributed by atoms with Crippen molar-refractivity contribution in [3.05, 3.63) is 121 Å². The fourth-order valence-corrected chi connectivity index (χ4v) is 5.26. The lowest BCUT2D eigenvalue weighted by molar-refractivity contribution is -0.113. The maximum atomic E-state index is 13.7. The van der Waals surface area contributed by atoms with Gasteiger partial charge in [0.15, 0.2) is 5.69 Å². The number of rotatable bonds is 3. The summed E-state index contributed by atoms with van der Waals surface area (Å²) >= 11 is 1.01. The number of para-hydroxylation sites is 1. The van der Waals surface area contributed by atoms with Gasteiger partial charge in [0.05, 0.1) is 17.8 Å². The van der Waals surface area contributed by atoms with Gasteiger partial charge in [0, 0.05) is 11.1 Å². The number of benzene rings is 3. The minimum atomic E-state index is -0.520. The van der Waals surface area contributed by atoms with Crippen LogP contribution in [0.25, 0.3) is 21.8 Å². The van der Waals surface area contributed by atoms with Gasteiger partial charge in [-0.3, -0.25) is 14.4 Å². The van der Waals surface area contributed by atoms with Crippen LogP contribution >= 0.6 is 11.3 Å². The third-order valence-corrected chi connectivity index (χ3v) is 7.05. The number of hydrogen-bond acceptors (Lipinski definition) is 6. The molecule has 0 spiro atoms. The van der Waals surface area contributed by atoms with E-state index in [0.29, 0.717) is 23.2 Å². The first-order valence-electron chi connectivity index (χ1n) is 11.0. The van der Waals surface area contributed by atoms with E-state index in [1.165, 1.54) is 0 Å². The number of thiazole rings is 1. The molecule has 35 heavy (non-hydrogen) atoms. The van der Waals surface area contributed by atoms with Gasteiger partial charge in [-0.15, -0.1) is 0 Å². The third kappa shape index (κ3) is 3.46. The molecule has 0 bridgehead atoms. The number of nitrogens with zero attached hydrogens (tertiary/aromatic N) is 4. The lowest BCUT2D eigenvalue weighted by Gasteiger charge is -2.17. The molecule has 1 aliphatic heterocycles. The zero-order valence-electron chi connectivity index (χ0n) is 18.6. The van der Waals surface area contributed by atoms with Gasteiger partial charge in [0.2, 0.25) is 4.96 Å². The fraction of sp³-hybridized carbons (Fsp3) is 0.0741. The Kier molecular flexibility index (Phi) is 4.89. The quantitative estimate of drug-likeness (QED) is 0.398. The predicted molar refractivity (Wildman–Crippen MR) is 135 cm³/mol. The molecule has 0 atom stereocenters. The van der Waals surface area contributed by atoms with Crippen molar-refractivity contribution < 1.29 is 4.79 Å². The molecule has 170 valence electrons. The molecule has 1 amide bonds. The summed E-state index contributed by atoms with van der Waals surface area (Å²) < 4.78 is 1.34. The number of hydrogen-bond donors (Lipinski definition) is 0. The SMILES string of the molecule is Cc1ccc(CN2C(=O)C(=c3sc4nc(=O)c(-c5ccccc5)nn4c3=O)c3ccccc32)cc1. The lowest BCUT2D eigenvalue weighted by Crippen LogP contribution is -2.32. The summed E-state index contributed by atoms with van der Waals surface area (Å²) in [5.41, 5.74) is 3.53. The Bertz CT molecular complexity index is 1790. The van der Waals surface area contributed by atoms with Gasteiger partial charge in [-0.05, 0) is 18.6 Å². The van der Waals surface area contributed by atoms with Gasteiger partial charge in [0.25, 0.3) is 11.5 Å². The van der Waals surface area contributed by atoms with Gasteiger partial charge >= 0.3 is 5.56 Å². The molecule has 8 heteroatoms. The van der Waals surface area contributed by atoms with Crippen molar-refractivity contribution in [3.8, 4) is 11.3 Å². The number of aromatic nitrogens is 3. The second-order valence-electron chi connectivity index (χ2n) is 8.33. The average molecular weight is 479 g/mol. The van der Waals surface area contributed by atoms with E-state index in [9.17, 15) is 14.4 Å². The molecule has 7 nitrogen and oxygen atoms in total. The zero-order valence-corrected chi connectivity index (χ0v) is 19.5. The van der Waals surface area contributed by atoms with E-state index in [0.717, 1.165) is 32.7 Å². The van der Waals surface area contributed by atoms with E-state index in [1.807, 2.05) is 61.5 Å². The van der Waals surface area contributed by atoms with Crippen LogP contribution in [0.15, 0.2) is 88.5 Å². The van der Waals surface area contributed by atoms with Crippen molar-refractivity contribution in [1.29, 1.82) is 0 Å². The summed E-state index contributed by atoms with van der Waals surface area (Å²) in [6, 6.07) is 24.3. The number of amides is 1. The van der Waals surface area contributed by atoms with Crippen molar-refractivity contribution in [3.63, 3.8) is 0 Å². The van der Waals surface area contributed by atoms with Crippen LogP contribution in [0.2, 0.25) is 0 Å². The van der Waals surface area contributed by atoms with Gasteiger partial charge in [0.1, 0.15) is 4.53 Å². The highest BCUT2D eigenvalue weighted by molar-refractivity contribution is 7.15. The normalized spacial score (nSPS) is 14.5. The van der Waals surface area contributed by atoms with Crippen LogP contribution in [0.3, 0.4) is 0 Å². The molecule has 0 fully saturated rings. The number of anilines is 1. The molecular weight excluding hydrogens is 460 g/mol. The summed E-state index contributed by atoms with van der Waals surface area (Å²) in [7, 11) is 0. The number of carbonyl (C=O) groups is 1. The van der Waals surface area contributed by atoms with Gasteiger partial charge < -0.3 is 4.90 Å². The van der Waals surface area contributed by atoms with Crippen LogP contribution in [0, 0.1) is 6.92 Å². The highest BCUT2D eigenvalue weighted by Gasteiger charge is 2.34. The standard InChI is InChI=1S/C27H18N4O3S/c1-16-11-13-17(14-12-16)15-30-20-10-6-5-9-19(20)21(25(30)33)23-26(34)31-27(35-23)28-24(32)22(29-31)18-7-3-2-4-8-18/h2-14H,15H2,1H3. The van der Waals surface area contributed by atoms with Crippen LogP contribution in [0.5, 0.6) is 0 Å². The van der Waals surface area contributed by atoms with Crippen molar-refractivity contribution >= 4 is 33.5 Å². The molecule has 1 aliphatic rings. The number of carbonyl (C=O) groups excluding carboxylic acids is 1. The first kappa shape index (κ1) is 21.1. The third-order valence-electron chi connectivity index (χ3n) is 6.02. The average Bonchev–Trinajstić information content (AvgIpc) is 3.33. The van der Waals surface area contributed by atoms with Crippen LogP contribution in [0.1, 0.15) is 16.7 Å². The van der Waals surface area contributed by atoms with Crippen molar-refractivity contribution in [2.45, 2.75) is 13.5 Å². The topological polar surface area (TPSA) is 84.6 Å². The molecule has 6 rings (SSSR count). The van der Waals surface area contributed by atoms with E-state index in [1.54, 1.807) is 29.2 Å². The van der Waals surface area contributed by atoms with Crippen LogP contribution in [-0.2, 0) is 11.3 Å². The van der Waals surface area contributed by atoms with Gasteiger partial charge in [-0.2, -0.15) is 14.6 Å². The van der Waals surface area contributed by atoms with Gasteiger partial charge in [-0.25, -0.2) is 0 Å². The molecule has 0 saturated carbocycles. The molecule has 3 aromatic carbocycles. The number of fused-ring (bicyclic) bond motifs is 2. The predicted octanol–water partition coefficient (Wildman–Crippen LogP) is 2.95. The monoisotopic (exact) mass is 478 g/mol. The van der Waals surface area contributed by atoms with E-state index in [4.69, 9.17) is 0 Å². The summed E-state index contributed by atoms with van der Waals surface area (Å²) in [5, 5.41) is 4.31. The van der Waals surface area contributed by atoms with E-state index >= 15 is 0 Å². The Morgan fingerprint density at radius 2 is 1.57 bits per heavy atom. The summed E-state index contributed by atoms with van der Waals surface area (Å²) in [5.74, 6) is -0.262. The Labute approximate surface area is 203 Å². The summed E-state index contributed by atoms with van der Waals surface area (Å²) in [6.45, 7) is 2.39. The Morgan fingerprint density at radius 1 is 0.857 bits per heavy atom. The molecule has 0 saturated heterocycles. The van der Waals surface area contributed by atoms with Crippen LogP contribution in [-0.4, -0.2) is 20.5 Å². The second-order valence-corrected chi connectivity index (χ2v) is 9.31. The van der Waals surface area contributed by atoms with Crippen molar-refractivity contribution in [2.24, 2.45) is 0 Å². The van der Waals surface area contributed by atoms with E-state index < -0.39 is 11.1 Å². The van der Waals surface area contributed by atoms with E-state index in [-0.39, 0.29) is 21.1 Å². The first-order valence-corrected chi connectivity index (χ1v) is 11.8. The minimum absolute atomic E-state index is 0.0914. The Hall–Kier alpha value is -4.43. The van der Waals surface area contributed by atoms with Crippen LogP contribution in [0.4, 0.5) is 5.69 Å². The maximum Gasteiger partial charge on any atom is 0.300 e. The molecule has 3 heterocycles. The minimum Gasteiger partial charge on any atom is -0.303 e. The fourth-order valence-electron chi connectivity index (χ4n) is 4.27. The molecule has 5 aromatic rings.